The highest BCUT2D eigenvalue weighted by molar-refractivity contribution is 6.06. The zero-order chi connectivity index (χ0) is 19.6. The zero-order valence-corrected chi connectivity index (χ0v) is 15.1. The lowest BCUT2D eigenvalue weighted by molar-refractivity contribution is -0.156. The minimum atomic E-state index is -1.18. The fraction of sp³-hybridized carbons (Fsp3) is 0.550. The fourth-order valence-corrected chi connectivity index (χ4v) is 5.29. The minimum Gasteiger partial charge on any atom is -0.454 e. The first-order valence-corrected chi connectivity index (χ1v) is 9.58. The number of likely N-dealkylation sites (tertiary alicyclic amines) is 1. The second-order valence-corrected chi connectivity index (χ2v) is 8.07. The van der Waals surface area contributed by atoms with E-state index in [-0.39, 0.29) is 37.4 Å². The monoisotopic (exact) mass is 387 g/mol. The molecule has 1 aromatic carbocycles. The van der Waals surface area contributed by atoms with Crippen LogP contribution in [0.2, 0.25) is 0 Å². The van der Waals surface area contributed by atoms with E-state index in [4.69, 9.17) is 9.47 Å². The van der Waals surface area contributed by atoms with Gasteiger partial charge < -0.3 is 19.7 Å². The Morgan fingerprint density at radius 1 is 1.00 bits per heavy atom. The molecule has 6 atom stereocenters. The highest BCUT2D eigenvalue weighted by atomic mass is 16.7. The summed E-state index contributed by atoms with van der Waals surface area (Å²) in [5, 5.41) is 20.6. The van der Waals surface area contributed by atoms with Gasteiger partial charge in [-0.25, -0.2) is 0 Å². The Labute approximate surface area is 161 Å². The van der Waals surface area contributed by atoms with Crippen molar-refractivity contribution in [3.05, 3.63) is 23.8 Å². The number of hydrogen-bond acceptors (Lipinski definition) is 7. The molecule has 2 saturated carbocycles. The molecule has 2 heterocycles. The molecule has 2 aliphatic carbocycles. The van der Waals surface area contributed by atoms with E-state index in [0.29, 0.717) is 24.3 Å². The van der Waals surface area contributed by atoms with Crippen LogP contribution in [0, 0.1) is 23.7 Å². The van der Waals surface area contributed by atoms with Gasteiger partial charge in [0, 0.05) is 18.3 Å². The Morgan fingerprint density at radius 3 is 2.57 bits per heavy atom. The van der Waals surface area contributed by atoms with E-state index in [0.717, 1.165) is 5.56 Å². The lowest BCUT2D eigenvalue weighted by atomic mass is 9.60. The number of ether oxygens (including phenoxy) is 2. The molecule has 8 heteroatoms. The largest absolute Gasteiger partial charge is 0.454 e. The molecule has 0 radical (unpaired) electrons. The van der Waals surface area contributed by atoms with Gasteiger partial charge in [-0.1, -0.05) is 6.07 Å². The maximum Gasteiger partial charge on any atom is 0.233 e. The first kappa shape index (κ1) is 17.6. The summed E-state index contributed by atoms with van der Waals surface area (Å²) in [4.78, 5) is 39.7. The third-order valence-electron chi connectivity index (χ3n) is 6.63. The molecule has 0 unspecified atom stereocenters. The zero-order valence-electron chi connectivity index (χ0n) is 15.1. The van der Waals surface area contributed by atoms with E-state index < -0.39 is 35.9 Å². The average molecular weight is 387 g/mol. The fourth-order valence-electron chi connectivity index (χ4n) is 5.29. The van der Waals surface area contributed by atoms with E-state index in [1.54, 1.807) is 18.2 Å². The molecule has 0 spiro atoms. The number of benzene rings is 1. The highest BCUT2D eigenvalue weighted by Gasteiger charge is 2.60. The van der Waals surface area contributed by atoms with Crippen LogP contribution in [-0.4, -0.2) is 51.7 Å². The summed E-state index contributed by atoms with van der Waals surface area (Å²) in [7, 11) is 0. The molecule has 2 aliphatic heterocycles. The van der Waals surface area contributed by atoms with Gasteiger partial charge in [0.2, 0.25) is 18.6 Å². The molecular formula is C20H21NO7. The van der Waals surface area contributed by atoms with Crippen molar-refractivity contribution >= 4 is 17.6 Å². The van der Waals surface area contributed by atoms with Crippen molar-refractivity contribution in [2.24, 2.45) is 23.7 Å². The highest BCUT2D eigenvalue weighted by Crippen LogP contribution is 2.49. The van der Waals surface area contributed by atoms with Crippen LogP contribution in [0.25, 0.3) is 0 Å². The van der Waals surface area contributed by atoms with Gasteiger partial charge in [-0.3, -0.25) is 19.3 Å². The number of imide groups is 1. The van der Waals surface area contributed by atoms with Crippen molar-refractivity contribution in [1.29, 1.82) is 0 Å². The Hall–Kier alpha value is -2.45. The van der Waals surface area contributed by atoms with Gasteiger partial charge in [0.05, 0.1) is 30.6 Å². The lowest BCUT2D eigenvalue weighted by Crippen LogP contribution is -2.54. The SMILES string of the molecule is O=C1C[C@@H](O)[C@@H](O)[C@@H]2[C@@H]3C(=O)N(Cc4ccc5c(c4)OCO5)C(=O)[C@@H]3CC[C@H]12. The van der Waals surface area contributed by atoms with Crippen LogP contribution in [0.3, 0.4) is 0 Å². The number of aliphatic hydroxyl groups excluding tert-OH is 2. The molecule has 4 aliphatic rings. The predicted octanol–water partition coefficient (Wildman–Crippen LogP) is 0.237. The summed E-state index contributed by atoms with van der Waals surface area (Å²) >= 11 is 0. The molecule has 148 valence electrons. The van der Waals surface area contributed by atoms with Crippen LogP contribution in [-0.2, 0) is 20.9 Å². The van der Waals surface area contributed by atoms with Gasteiger partial charge in [0.1, 0.15) is 5.78 Å². The topological polar surface area (TPSA) is 113 Å². The van der Waals surface area contributed by atoms with Gasteiger partial charge in [-0.2, -0.15) is 0 Å². The van der Waals surface area contributed by atoms with Crippen molar-refractivity contribution < 1.29 is 34.1 Å². The predicted molar refractivity (Wildman–Crippen MR) is 93.0 cm³/mol. The average Bonchev–Trinajstić information content (AvgIpc) is 3.24. The molecule has 1 aromatic rings. The minimum absolute atomic E-state index is 0.0945. The van der Waals surface area contributed by atoms with Crippen LogP contribution >= 0.6 is 0 Å². The number of hydrogen-bond donors (Lipinski definition) is 2. The first-order valence-electron chi connectivity index (χ1n) is 9.58. The third kappa shape index (κ3) is 2.48. The van der Waals surface area contributed by atoms with Crippen molar-refractivity contribution in [3.63, 3.8) is 0 Å². The van der Waals surface area contributed by atoms with Gasteiger partial charge >= 0.3 is 0 Å². The molecule has 2 amide bonds. The Bertz CT molecular complexity index is 868. The number of fused-ring (bicyclic) bond motifs is 4. The molecule has 3 fully saturated rings. The second-order valence-electron chi connectivity index (χ2n) is 8.07. The Kier molecular flexibility index (Phi) is 3.96. The number of amides is 2. The smallest absolute Gasteiger partial charge is 0.233 e. The molecule has 8 nitrogen and oxygen atoms in total. The maximum atomic E-state index is 13.1. The number of ketones is 1. The number of carbonyl (C=O) groups excluding carboxylic acids is 3. The van der Waals surface area contributed by atoms with Gasteiger partial charge in [-0.05, 0) is 30.5 Å². The molecule has 0 bridgehead atoms. The standard InChI is InChI=1S/C20H21NO7/c22-12-6-13(23)18(24)16-10(12)2-3-11-17(16)20(26)21(19(11)25)7-9-1-4-14-15(5-9)28-8-27-14/h1,4-5,10-11,13,16-18,23-24H,2-3,6-8H2/t10-,11-,13-,16+,17-,18-/m1/s1. The Morgan fingerprint density at radius 2 is 1.75 bits per heavy atom. The van der Waals surface area contributed by atoms with E-state index in [2.05, 4.69) is 0 Å². The van der Waals surface area contributed by atoms with Crippen LogP contribution in [0.15, 0.2) is 18.2 Å². The number of Topliss-reactive ketones (excluding diaryl/α,β-unsaturated/α-hetero) is 1. The summed E-state index contributed by atoms with van der Waals surface area (Å²) in [6, 6.07) is 5.27. The van der Waals surface area contributed by atoms with Gasteiger partial charge in [-0.15, -0.1) is 0 Å². The van der Waals surface area contributed by atoms with E-state index >= 15 is 0 Å². The van der Waals surface area contributed by atoms with Crippen LogP contribution < -0.4 is 9.47 Å². The lowest BCUT2D eigenvalue weighted by Gasteiger charge is -2.44. The third-order valence-corrected chi connectivity index (χ3v) is 6.63. The Balaban J connectivity index is 1.43. The number of rotatable bonds is 2. The first-order chi connectivity index (χ1) is 13.5. The van der Waals surface area contributed by atoms with Crippen LogP contribution in [0.1, 0.15) is 24.8 Å². The van der Waals surface area contributed by atoms with E-state index in [9.17, 15) is 24.6 Å². The van der Waals surface area contributed by atoms with Crippen molar-refractivity contribution in [2.75, 3.05) is 6.79 Å². The maximum absolute atomic E-state index is 13.1. The van der Waals surface area contributed by atoms with Crippen LogP contribution in [0.4, 0.5) is 0 Å². The van der Waals surface area contributed by atoms with Crippen LogP contribution in [0.5, 0.6) is 11.5 Å². The molecule has 5 rings (SSSR count). The van der Waals surface area contributed by atoms with Gasteiger partial charge in [0.15, 0.2) is 11.5 Å². The van der Waals surface area contributed by atoms with E-state index in [1.165, 1.54) is 4.90 Å². The van der Waals surface area contributed by atoms with E-state index in [1.807, 2.05) is 0 Å². The summed E-state index contributed by atoms with van der Waals surface area (Å²) in [6.07, 6.45) is -1.53. The second kappa shape index (κ2) is 6.28. The molecule has 0 aromatic heterocycles. The normalized spacial score (nSPS) is 36.5. The van der Waals surface area contributed by atoms with Gasteiger partial charge in [0.25, 0.3) is 0 Å². The number of carbonyl (C=O) groups is 3. The number of nitrogens with zero attached hydrogens (tertiary/aromatic N) is 1. The summed E-state index contributed by atoms with van der Waals surface area (Å²) < 4.78 is 10.6. The van der Waals surface area contributed by atoms with Crippen molar-refractivity contribution in [1.82, 2.24) is 4.90 Å². The molecule has 1 saturated heterocycles. The summed E-state index contributed by atoms with van der Waals surface area (Å²) in [5.41, 5.74) is 0.737. The summed E-state index contributed by atoms with van der Waals surface area (Å²) in [6.45, 7) is 0.243. The quantitative estimate of drug-likeness (QED) is 0.699. The van der Waals surface area contributed by atoms with Crippen molar-refractivity contribution in [2.45, 2.75) is 38.0 Å². The van der Waals surface area contributed by atoms with Crippen molar-refractivity contribution in [3.8, 4) is 11.5 Å². The molecule has 2 N–H and O–H groups in total. The summed E-state index contributed by atoms with van der Waals surface area (Å²) in [5.74, 6) is -2.05. The molecule has 28 heavy (non-hydrogen) atoms. The number of aliphatic hydroxyl groups is 2. The molecular weight excluding hydrogens is 366 g/mol.